The Morgan fingerprint density at radius 1 is 1.46 bits per heavy atom. The lowest BCUT2D eigenvalue weighted by Crippen LogP contribution is -2.19. The molecule has 1 aromatic rings. The van der Waals surface area contributed by atoms with Gasteiger partial charge in [0.05, 0.1) is 0 Å². The summed E-state index contributed by atoms with van der Waals surface area (Å²) < 4.78 is 0. The zero-order valence-electron chi connectivity index (χ0n) is 7.34. The van der Waals surface area contributed by atoms with Gasteiger partial charge in [-0.15, -0.1) is 0 Å². The van der Waals surface area contributed by atoms with Crippen LogP contribution in [0.1, 0.15) is 22.3 Å². The minimum Gasteiger partial charge on any atom is -0.385 e. The van der Waals surface area contributed by atoms with Crippen molar-refractivity contribution in [2.75, 3.05) is 11.9 Å². The first-order valence-electron chi connectivity index (χ1n) is 4.44. The van der Waals surface area contributed by atoms with E-state index in [1.807, 2.05) is 12.1 Å². The number of anilines is 1. The maximum atomic E-state index is 11.1. The lowest BCUT2D eigenvalue weighted by molar-refractivity contribution is 0.0999. The molecule has 0 saturated carbocycles. The zero-order valence-corrected chi connectivity index (χ0v) is 7.34. The van der Waals surface area contributed by atoms with Gasteiger partial charge < -0.3 is 11.1 Å². The van der Waals surface area contributed by atoms with Crippen molar-refractivity contribution < 1.29 is 4.79 Å². The van der Waals surface area contributed by atoms with E-state index in [0.29, 0.717) is 5.56 Å². The molecule has 1 aliphatic heterocycles. The maximum Gasteiger partial charge on any atom is 0.249 e. The molecule has 13 heavy (non-hydrogen) atoms. The molecule has 2 rings (SSSR count). The summed E-state index contributed by atoms with van der Waals surface area (Å²) in [4.78, 5) is 11.1. The molecule has 0 unspecified atom stereocenters. The molecule has 0 bridgehead atoms. The molecular formula is C10H12N2O. The van der Waals surface area contributed by atoms with Gasteiger partial charge in [0.25, 0.3) is 0 Å². The fourth-order valence-corrected chi connectivity index (χ4v) is 1.74. The molecule has 3 heteroatoms. The minimum absolute atomic E-state index is 0.333. The number of carbonyl (C=O) groups excluding carboxylic acids is 1. The predicted molar refractivity (Wildman–Crippen MR) is 51.8 cm³/mol. The summed E-state index contributed by atoms with van der Waals surface area (Å²) in [5.74, 6) is -0.333. The number of nitrogens with one attached hydrogen (secondary N) is 1. The van der Waals surface area contributed by atoms with Crippen LogP contribution < -0.4 is 11.1 Å². The van der Waals surface area contributed by atoms with Crippen LogP contribution in [0.15, 0.2) is 18.2 Å². The largest absolute Gasteiger partial charge is 0.385 e. The second-order valence-corrected chi connectivity index (χ2v) is 3.23. The Labute approximate surface area is 76.9 Å². The van der Waals surface area contributed by atoms with E-state index in [9.17, 15) is 4.79 Å². The van der Waals surface area contributed by atoms with Crippen molar-refractivity contribution in [1.82, 2.24) is 0 Å². The van der Waals surface area contributed by atoms with Crippen molar-refractivity contribution in [2.24, 2.45) is 5.73 Å². The van der Waals surface area contributed by atoms with Gasteiger partial charge in [-0.1, -0.05) is 6.07 Å². The maximum absolute atomic E-state index is 11.1. The summed E-state index contributed by atoms with van der Waals surface area (Å²) in [6, 6.07) is 5.63. The third-order valence-corrected chi connectivity index (χ3v) is 2.36. The topological polar surface area (TPSA) is 55.1 Å². The Kier molecular flexibility index (Phi) is 1.93. The van der Waals surface area contributed by atoms with E-state index in [1.165, 1.54) is 0 Å². The molecule has 0 aliphatic carbocycles. The van der Waals surface area contributed by atoms with Crippen LogP contribution in [-0.2, 0) is 6.42 Å². The van der Waals surface area contributed by atoms with Crippen molar-refractivity contribution in [3.8, 4) is 0 Å². The molecule has 0 radical (unpaired) electrons. The SMILES string of the molecule is NC(=O)c1cccc2c1CCCN2. The molecule has 0 spiro atoms. The fraction of sp³-hybridized carbons (Fsp3) is 0.300. The number of hydrogen-bond donors (Lipinski definition) is 2. The first-order valence-corrected chi connectivity index (χ1v) is 4.44. The van der Waals surface area contributed by atoms with Gasteiger partial charge in [-0.25, -0.2) is 0 Å². The molecule has 1 aromatic carbocycles. The zero-order chi connectivity index (χ0) is 9.26. The van der Waals surface area contributed by atoms with Gasteiger partial charge in [0.1, 0.15) is 0 Å². The highest BCUT2D eigenvalue weighted by Gasteiger charge is 2.14. The van der Waals surface area contributed by atoms with Crippen LogP contribution in [0, 0.1) is 0 Å². The lowest BCUT2D eigenvalue weighted by Gasteiger charge is -2.19. The van der Waals surface area contributed by atoms with Gasteiger partial charge in [0.2, 0.25) is 5.91 Å². The summed E-state index contributed by atoms with van der Waals surface area (Å²) in [7, 11) is 0. The van der Waals surface area contributed by atoms with Gasteiger partial charge >= 0.3 is 0 Å². The van der Waals surface area contributed by atoms with Gasteiger partial charge in [-0.2, -0.15) is 0 Å². The highest BCUT2D eigenvalue weighted by atomic mass is 16.1. The lowest BCUT2D eigenvalue weighted by atomic mass is 9.97. The van der Waals surface area contributed by atoms with Gasteiger partial charge in [-0.05, 0) is 30.5 Å². The van der Waals surface area contributed by atoms with Crippen LogP contribution in [0.25, 0.3) is 0 Å². The highest BCUT2D eigenvalue weighted by molar-refractivity contribution is 5.96. The Bertz CT molecular complexity index is 347. The fourth-order valence-electron chi connectivity index (χ4n) is 1.74. The van der Waals surface area contributed by atoms with Crippen LogP contribution in [0.5, 0.6) is 0 Å². The molecule has 0 saturated heterocycles. The molecule has 1 amide bonds. The minimum atomic E-state index is -0.333. The number of carbonyl (C=O) groups is 1. The predicted octanol–water partition coefficient (Wildman–Crippen LogP) is 1.14. The Morgan fingerprint density at radius 2 is 2.31 bits per heavy atom. The molecule has 0 fully saturated rings. The van der Waals surface area contributed by atoms with E-state index < -0.39 is 0 Å². The Morgan fingerprint density at radius 3 is 3.08 bits per heavy atom. The second kappa shape index (κ2) is 3.09. The van der Waals surface area contributed by atoms with E-state index in [1.54, 1.807) is 6.07 Å². The molecule has 1 heterocycles. The number of rotatable bonds is 1. The quantitative estimate of drug-likeness (QED) is 0.674. The highest BCUT2D eigenvalue weighted by Crippen LogP contribution is 2.24. The number of hydrogen-bond acceptors (Lipinski definition) is 2. The monoisotopic (exact) mass is 176 g/mol. The van der Waals surface area contributed by atoms with Crippen LogP contribution in [-0.4, -0.2) is 12.5 Å². The Balaban J connectivity index is 2.52. The number of amides is 1. The van der Waals surface area contributed by atoms with E-state index in [-0.39, 0.29) is 5.91 Å². The van der Waals surface area contributed by atoms with Gasteiger partial charge in [0, 0.05) is 17.8 Å². The van der Waals surface area contributed by atoms with E-state index in [4.69, 9.17) is 5.73 Å². The number of benzene rings is 1. The molecular weight excluding hydrogens is 164 g/mol. The van der Waals surface area contributed by atoms with E-state index in [2.05, 4.69) is 5.32 Å². The van der Waals surface area contributed by atoms with Crippen molar-refractivity contribution in [3.05, 3.63) is 29.3 Å². The Hall–Kier alpha value is -1.51. The normalized spacial score (nSPS) is 14.5. The summed E-state index contributed by atoms with van der Waals surface area (Å²) in [6.45, 7) is 0.981. The average molecular weight is 176 g/mol. The van der Waals surface area contributed by atoms with Gasteiger partial charge in [-0.3, -0.25) is 4.79 Å². The summed E-state index contributed by atoms with van der Waals surface area (Å²) in [5.41, 5.74) is 8.06. The van der Waals surface area contributed by atoms with Crippen molar-refractivity contribution in [2.45, 2.75) is 12.8 Å². The molecule has 0 atom stereocenters. The van der Waals surface area contributed by atoms with E-state index >= 15 is 0 Å². The summed E-state index contributed by atoms with van der Waals surface area (Å²) in [6.07, 6.45) is 2.01. The van der Waals surface area contributed by atoms with Crippen LogP contribution >= 0.6 is 0 Å². The smallest absolute Gasteiger partial charge is 0.249 e. The number of fused-ring (bicyclic) bond motifs is 1. The van der Waals surface area contributed by atoms with Crippen molar-refractivity contribution in [3.63, 3.8) is 0 Å². The standard InChI is InChI=1S/C10H12N2O/c11-10(13)8-3-1-5-9-7(8)4-2-6-12-9/h1,3,5,12H,2,4,6H2,(H2,11,13). The summed E-state index contributed by atoms with van der Waals surface area (Å²) in [5, 5.41) is 3.25. The summed E-state index contributed by atoms with van der Waals surface area (Å²) >= 11 is 0. The van der Waals surface area contributed by atoms with Crippen LogP contribution in [0.4, 0.5) is 5.69 Å². The average Bonchev–Trinajstić information content (AvgIpc) is 2.17. The van der Waals surface area contributed by atoms with Crippen LogP contribution in [0.3, 0.4) is 0 Å². The molecule has 68 valence electrons. The van der Waals surface area contributed by atoms with E-state index in [0.717, 1.165) is 30.6 Å². The first kappa shape index (κ1) is 8.10. The molecule has 3 N–H and O–H groups in total. The molecule has 1 aliphatic rings. The van der Waals surface area contributed by atoms with Gasteiger partial charge in [0.15, 0.2) is 0 Å². The van der Waals surface area contributed by atoms with Crippen LogP contribution in [0.2, 0.25) is 0 Å². The third kappa shape index (κ3) is 1.37. The molecule has 3 nitrogen and oxygen atoms in total. The number of nitrogens with two attached hydrogens (primary N) is 1. The number of primary amides is 1. The second-order valence-electron chi connectivity index (χ2n) is 3.23. The first-order chi connectivity index (χ1) is 6.29. The molecule has 0 aromatic heterocycles. The third-order valence-electron chi connectivity index (χ3n) is 2.36. The van der Waals surface area contributed by atoms with Crippen molar-refractivity contribution in [1.29, 1.82) is 0 Å². The van der Waals surface area contributed by atoms with Crippen molar-refractivity contribution >= 4 is 11.6 Å².